The summed E-state index contributed by atoms with van der Waals surface area (Å²) in [4.78, 5) is 39.9. The number of rotatable bonds is 5. The van der Waals surface area contributed by atoms with Crippen LogP contribution >= 0.6 is 0 Å². The molecule has 5 aliphatic carbocycles. The lowest BCUT2D eigenvalue weighted by molar-refractivity contribution is -0.165. The molecule has 194 valence electrons. The van der Waals surface area contributed by atoms with Crippen LogP contribution in [-0.4, -0.2) is 17.3 Å². The Morgan fingerprint density at radius 3 is 2.20 bits per heavy atom. The van der Waals surface area contributed by atoms with Crippen LogP contribution in [0, 0.1) is 75.4 Å². The minimum Gasteiger partial charge on any atom is -0.299 e. The molecule has 5 rings (SSSR count). The fourth-order valence-corrected chi connectivity index (χ4v) is 11.2. The number of allylic oxidation sites excluding steroid dienone is 2. The lowest BCUT2D eigenvalue weighted by atomic mass is 9.44. The number of carbonyl (C=O) groups is 3. The van der Waals surface area contributed by atoms with Gasteiger partial charge < -0.3 is 0 Å². The Morgan fingerprint density at radius 2 is 1.57 bits per heavy atom. The average molecular weight is 481 g/mol. The van der Waals surface area contributed by atoms with Gasteiger partial charge in [-0.25, -0.2) is 0 Å². The Kier molecular flexibility index (Phi) is 5.90. The molecule has 0 aromatic carbocycles. The Labute approximate surface area is 213 Å². The number of hydrogen-bond acceptors (Lipinski definition) is 3. The van der Waals surface area contributed by atoms with Crippen molar-refractivity contribution in [3.63, 3.8) is 0 Å². The summed E-state index contributed by atoms with van der Waals surface area (Å²) in [7, 11) is 0. The van der Waals surface area contributed by atoms with Crippen molar-refractivity contribution in [2.75, 3.05) is 0 Å². The van der Waals surface area contributed by atoms with Crippen LogP contribution in [0.2, 0.25) is 0 Å². The van der Waals surface area contributed by atoms with Crippen molar-refractivity contribution in [2.24, 2.45) is 75.4 Å². The standard InChI is InChI=1S/C32H48O3/c1-9-19(17(2)3)11-10-18(4)21-12-13-22-20-16-24(33)25-26-27(34)28(35)29(30(26,5)6)32(25,8)23(20)14-15-31(21,22)7/h10-11,17-23,25-26,29H,9,12-16H2,1-8H3/b11-10+/t18-,19-,20+,21-,22+,23+,25+,26?,29?,31-,32-/m1/s1. The smallest absolute Gasteiger partial charge is 0.203 e. The normalized spacial score (nSPS) is 47.8. The molecule has 0 amide bonds. The van der Waals surface area contributed by atoms with Gasteiger partial charge in [0.1, 0.15) is 5.78 Å². The van der Waals surface area contributed by atoms with Gasteiger partial charge >= 0.3 is 0 Å². The molecule has 0 N–H and O–H groups in total. The molecule has 0 aliphatic heterocycles. The lowest BCUT2D eigenvalue weighted by Crippen LogP contribution is -2.59. The van der Waals surface area contributed by atoms with Crippen LogP contribution in [0.1, 0.15) is 93.9 Å². The molecule has 5 aliphatic rings. The van der Waals surface area contributed by atoms with Crippen molar-refractivity contribution in [1.82, 2.24) is 0 Å². The van der Waals surface area contributed by atoms with Gasteiger partial charge in [0.05, 0.1) is 0 Å². The summed E-state index contributed by atoms with van der Waals surface area (Å²) in [5.74, 6) is 2.84. The maximum absolute atomic E-state index is 13.8. The summed E-state index contributed by atoms with van der Waals surface area (Å²) < 4.78 is 0. The third-order valence-corrected chi connectivity index (χ3v) is 12.7. The molecular weight excluding hydrogens is 432 g/mol. The second-order valence-electron chi connectivity index (χ2n) is 14.6. The highest BCUT2D eigenvalue weighted by Gasteiger charge is 2.78. The van der Waals surface area contributed by atoms with Crippen molar-refractivity contribution in [3.8, 4) is 0 Å². The molecule has 0 spiro atoms. The molecule has 0 saturated heterocycles. The van der Waals surface area contributed by atoms with E-state index in [0.29, 0.717) is 53.6 Å². The van der Waals surface area contributed by atoms with Gasteiger partial charge in [-0.3, -0.25) is 14.4 Å². The predicted molar refractivity (Wildman–Crippen MR) is 139 cm³/mol. The van der Waals surface area contributed by atoms with E-state index in [4.69, 9.17) is 0 Å². The molecule has 3 nitrogen and oxygen atoms in total. The Bertz CT molecular complexity index is 958. The maximum Gasteiger partial charge on any atom is 0.203 e. The van der Waals surface area contributed by atoms with Crippen molar-refractivity contribution in [2.45, 2.75) is 93.9 Å². The summed E-state index contributed by atoms with van der Waals surface area (Å²) in [6.45, 7) is 18.3. The van der Waals surface area contributed by atoms with Crippen LogP contribution in [0.5, 0.6) is 0 Å². The van der Waals surface area contributed by atoms with E-state index in [-0.39, 0.29) is 45.6 Å². The van der Waals surface area contributed by atoms with Gasteiger partial charge in [-0.05, 0) is 89.8 Å². The summed E-state index contributed by atoms with van der Waals surface area (Å²) >= 11 is 0. The van der Waals surface area contributed by atoms with E-state index in [2.05, 4.69) is 67.5 Å². The summed E-state index contributed by atoms with van der Waals surface area (Å²) in [5, 5.41) is 0. The molecule has 11 atom stereocenters. The van der Waals surface area contributed by atoms with Crippen LogP contribution in [0.3, 0.4) is 0 Å². The molecule has 5 saturated carbocycles. The van der Waals surface area contributed by atoms with E-state index in [0.717, 1.165) is 6.42 Å². The molecule has 35 heavy (non-hydrogen) atoms. The van der Waals surface area contributed by atoms with Crippen molar-refractivity contribution in [1.29, 1.82) is 0 Å². The van der Waals surface area contributed by atoms with Gasteiger partial charge in [0.2, 0.25) is 11.6 Å². The highest BCUT2D eigenvalue weighted by molar-refractivity contribution is 6.43. The molecule has 5 fully saturated rings. The Hall–Kier alpha value is -1.25. The van der Waals surface area contributed by atoms with Gasteiger partial charge in [-0.15, -0.1) is 0 Å². The fourth-order valence-electron chi connectivity index (χ4n) is 11.2. The van der Waals surface area contributed by atoms with Crippen molar-refractivity contribution < 1.29 is 14.4 Å². The van der Waals surface area contributed by atoms with E-state index in [1.807, 2.05) is 0 Å². The summed E-state index contributed by atoms with van der Waals surface area (Å²) in [5.41, 5.74) is -0.459. The van der Waals surface area contributed by atoms with E-state index in [1.165, 1.54) is 25.7 Å². The van der Waals surface area contributed by atoms with Crippen molar-refractivity contribution >= 4 is 17.3 Å². The molecule has 0 aromatic rings. The zero-order valence-corrected chi connectivity index (χ0v) is 23.4. The molecule has 3 heteroatoms. The first kappa shape index (κ1) is 25.4. The Balaban J connectivity index is 1.43. The molecule has 2 unspecified atom stereocenters. The van der Waals surface area contributed by atoms with E-state index in [1.54, 1.807) is 0 Å². The summed E-state index contributed by atoms with van der Waals surface area (Å²) in [6.07, 6.45) is 11.6. The van der Waals surface area contributed by atoms with Gasteiger partial charge in [0.15, 0.2) is 0 Å². The van der Waals surface area contributed by atoms with Crippen molar-refractivity contribution in [3.05, 3.63) is 12.2 Å². The zero-order valence-electron chi connectivity index (χ0n) is 23.4. The van der Waals surface area contributed by atoms with Gasteiger partial charge in [-0.2, -0.15) is 0 Å². The molecule has 2 bridgehead atoms. The zero-order chi connectivity index (χ0) is 25.7. The van der Waals surface area contributed by atoms with Gasteiger partial charge in [0, 0.05) is 24.2 Å². The minimum atomic E-state index is -0.388. The SMILES string of the molecule is CC[C@H](/C=C/[C@@H](C)[C@H]1CC[C@H]2[C@@H]3CC(=O)[C@H]4C5C(=O)C(=O)C(C5(C)C)[C@]4(C)[C@H]3CC[C@]12C)C(C)C. The number of ketones is 3. The van der Waals surface area contributed by atoms with Gasteiger partial charge in [-0.1, -0.05) is 67.5 Å². The average Bonchev–Trinajstić information content (AvgIpc) is 3.28. The van der Waals surface area contributed by atoms with Crippen LogP contribution in [-0.2, 0) is 14.4 Å². The van der Waals surface area contributed by atoms with Crippen LogP contribution in [0.15, 0.2) is 12.2 Å². The van der Waals surface area contributed by atoms with E-state index >= 15 is 0 Å². The monoisotopic (exact) mass is 480 g/mol. The highest BCUT2D eigenvalue weighted by atomic mass is 16.2. The van der Waals surface area contributed by atoms with Gasteiger partial charge in [0.25, 0.3) is 0 Å². The second-order valence-corrected chi connectivity index (χ2v) is 14.6. The molecule has 0 aromatic heterocycles. The third kappa shape index (κ3) is 3.18. The number of carbonyl (C=O) groups excluding carboxylic acids is 3. The second kappa shape index (κ2) is 8.12. The van der Waals surface area contributed by atoms with Crippen LogP contribution < -0.4 is 0 Å². The Morgan fingerprint density at radius 1 is 0.886 bits per heavy atom. The predicted octanol–water partition coefficient (Wildman–Crippen LogP) is 6.94. The van der Waals surface area contributed by atoms with E-state index in [9.17, 15) is 14.4 Å². The first-order valence-electron chi connectivity index (χ1n) is 14.6. The molecular formula is C32H48O3. The first-order valence-corrected chi connectivity index (χ1v) is 14.6. The first-order chi connectivity index (χ1) is 16.3. The highest BCUT2D eigenvalue weighted by Crippen LogP contribution is 2.75. The molecule has 0 heterocycles. The quantitative estimate of drug-likeness (QED) is 0.316. The minimum absolute atomic E-state index is 0.167. The number of Topliss-reactive ketones (excluding diaryl/α,β-unsaturated/α-hetero) is 3. The van der Waals surface area contributed by atoms with Crippen LogP contribution in [0.4, 0.5) is 0 Å². The maximum atomic E-state index is 13.8. The summed E-state index contributed by atoms with van der Waals surface area (Å²) in [6, 6.07) is 0. The third-order valence-electron chi connectivity index (χ3n) is 12.7. The molecule has 0 radical (unpaired) electrons. The lowest BCUT2D eigenvalue weighted by Gasteiger charge is -2.59. The number of fused-ring (bicyclic) bond motifs is 9. The van der Waals surface area contributed by atoms with E-state index < -0.39 is 0 Å². The largest absolute Gasteiger partial charge is 0.299 e. The van der Waals surface area contributed by atoms with Crippen LogP contribution in [0.25, 0.3) is 0 Å². The topological polar surface area (TPSA) is 51.2 Å². The fraction of sp³-hybridized carbons (Fsp3) is 0.844. The number of hydrogen-bond donors (Lipinski definition) is 0.